The van der Waals surface area contributed by atoms with Crippen LogP contribution in [-0.4, -0.2) is 15.7 Å². The highest BCUT2D eigenvalue weighted by Gasteiger charge is 2.64. The standard InChI is InChI=1S/C17H17FN2O/c1-9-14-13(8-12-15(14)17(12,2)3)20(19-9)16(21)10-4-6-11(18)7-5-10/h4-7,12,15H,8H2,1-3H3/t12-,15+/m0/s1. The zero-order valence-corrected chi connectivity index (χ0v) is 12.4. The molecule has 2 aliphatic rings. The van der Waals surface area contributed by atoms with E-state index in [-0.39, 0.29) is 11.7 Å². The average molecular weight is 284 g/mol. The molecule has 0 N–H and O–H groups in total. The van der Waals surface area contributed by atoms with Crippen LogP contribution in [0.4, 0.5) is 4.39 Å². The second kappa shape index (κ2) is 3.81. The van der Waals surface area contributed by atoms with Crippen LogP contribution in [0.3, 0.4) is 0 Å². The third kappa shape index (κ3) is 1.59. The van der Waals surface area contributed by atoms with E-state index >= 15 is 0 Å². The first-order valence-corrected chi connectivity index (χ1v) is 7.30. The van der Waals surface area contributed by atoms with Gasteiger partial charge in [0.05, 0.1) is 11.4 Å². The van der Waals surface area contributed by atoms with Gasteiger partial charge >= 0.3 is 0 Å². The van der Waals surface area contributed by atoms with Gasteiger partial charge in [-0.05, 0) is 54.9 Å². The summed E-state index contributed by atoms with van der Waals surface area (Å²) in [6.07, 6.45) is 0.917. The number of carbonyl (C=O) groups is 1. The Morgan fingerprint density at radius 1 is 1.33 bits per heavy atom. The SMILES string of the molecule is Cc1nn(C(=O)c2ccc(F)cc2)c2c1[C@H]1[C@H](C2)C1(C)C. The number of hydrogen-bond donors (Lipinski definition) is 0. The van der Waals surface area contributed by atoms with Crippen molar-refractivity contribution in [2.45, 2.75) is 33.1 Å². The Morgan fingerprint density at radius 3 is 2.67 bits per heavy atom. The van der Waals surface area contributed by atoms with Crippen LogP contribution in [0.1, 0.15) is 47.1 Å². The number of aryl methyl sites for hydroxylation is 1. The van der Waals surface area contributed by atoms with Crippen molar-refractivity contribution in [3.8, 4) is 0 Å². The van der Waals surface area contributed by atoms with Crippen LogP contribution in [0.2, 0.25) is 0 Å². The van der Waals surface area contributed by atoms with Gasteiger partial charge in [0.1, 0.15) is 5.82 Å². The number of carbonyl (C=O) groups excluding carboxylic acids is 1. The maximum Gasteiger partial charge on any atom is 0.278 e. The second-order valence-electron chi connectivity index (χ2n) is 6.78. The van der Waals surface area contributed by atoms with Crippen LogP contribution >= 0.6 is 0 Å². The summed E-state index contributed by atoms with van der Waals surface area (Å²) in [4.78, 5) is 12.6. The molecule has 0 unspecified atom stereocenters. The summed E-state index contributed by atoms with van der Waals surface area (Å²) in [5.74, 6) is 0.675. The Morgan fingerprint density at radius 2 is 2.00 bits per heavy atom. The summed E-state index contributed by atoms with van der Waals surface area (Å²) in [7, 11) is 0. The van der Waals surface area contributed by atoms with Crippen molar-refractivity contribution in [3.63, 3.8) is 0 Å². The molecule has 1 saturated carbocycles. The predicted molar refractivity (Wildman–Crippen MR) is 76.8 cm³/mol. The number of fused-ring (bicyclic) bond motifs is 3. The fourth-order valence-electron chi connectivity index (χ4n) is 3.98. The third-order valence-corrected chi connectivity index (χ3v) is 5.26. The van der Waals surface area contributed by atoms with Crippen molar-refractivity contribution in [1.29, 1.82) is 0 Å². The molecule has 0 saturated heterocycles. The number of halogens is 1. The maximum atomic E-state index is 13.0. The quantitative estimate of drug-likeness (QED) is 0.805. The Hall–Kier alpha value is -1.97. The first-order chi connectivity index (χ1) is 9.91. The minimum absolute atomic E-state index is 0.168. The lowest BCUT2D eigenvalue weighted by molar-refractivity contribution is 0.0940. The van der Waals surface area contributed by atoms with Crippen molar-refractivity contribution >= 4 is 5.91 Å². The molecule has 0 spiro atoms. The zero-order chi connectivity index (χ0) is 14.9. The van der Waals surface area contributed by atoms with Crippen LogP contribution in [-0.2, 0) is 6.42 Å². The van der Waals surface area contributed by atoms with E-state index in [1.54, 1.807) is 0 Å². The van der Waals surface area contributed by atoms with Crippen molar-refractivity contribution in [2.75, 3.05) is 0 Å². The largest absolute Gasteiger partial charge is 0.278 e. The van der Waals surface area contributed by atoms with Gasteiger partial charge in [0.2, 0.25) is 0 Å². The van der Waals surface area contributed by atoms with Gasteiger partial charge in [0.15, 0.2) is 0 Å². The molecule has 0 radical (unpaired) electrons. The Kier molecular flexibility index (Phi) is 2.31. The molecule has 0 aliphatic heterocycles. The van der Waals surface area contributed by atoms with E-state index in [0.29, 0.717) is 22.8 Å². The molecule has 0 amide bonds. The van der Waals surface area contributed by atoms with E-state index in [4.69, 9.17) is 0 Å². The first kappa shape index (κ1) is 12.7. The Balaban J connectivity index is 1.75. The van der Waals surface area contributed by atoms with Gasteiger partial charge in [-0.2, -0.15) is 5.10 Å². The Bertz CT molecular complexity index is 758. The van der Waals surface area contributed by atoms with Crippen LogP contribution in [0.25, 0.3) is 0 Å². The topological polar surface area (TPSA) is 34.9 Å². The van der Waals surface area contributed by atoms with Crippen LogP contribution in [0.15, 0.2) is 24.3 Å². The summed E-state index contributed by atoms with van der Waals surface area (Å²) in [6, 6.07) is 5.65. The molecule has 1 aromatic carbocycles. The Labute approximate surface area is 122 Å². The van der Waals surface area contributed by atoms with E-state index in [9.17, 15) is 9.18 Å². The van der Waals surface area contributed by atoms with Gasteiger partial charge in [0.25, 0.3) is 5.91 Å². The molecule has 4 heteroatoms. The lowest BCUT2D eigenvalue weighted by atomic mass is 9.98. The minimum atomic E-state index is -0.337. The van der Waals surface area contributed by atoms with Gasteiger partial charge in [-0.15, -0.1) is 0 Å². The highest BCUT2D eigenvalue weighted by Crippen LogP contribution is 2.70. The molecule has 2 aliphatic carbocycles. The smallest absolute Gasteiger partial charge is 0.267 e. The molecule has 2 aromatic rings. The summed E-state index contributed by atoms with van der Waals surface area (Å²) in [5, 5.41) is 4.45. The lowest BCUT2D eigenvalue weighted by Crippen LogP contribution is -2.17. The number of nitrogens with zero attached hydrogens (tertiary/aromatic N) is 2. The van der Waals surface area contributed by atoms with Gasteiger partial charge in [0, 0.05) is 11.1 Å². The lowest BCUT2D eigenvalue weighted by Gasteiger charge is -2.10. The van der Waals surface area contributed by atoms with Crippen molar-refractivity contribution in [2.24, 2.45) is 11.3 Å². The number of aromatic nitrogens is 2. The molecule has 0 bridgehead atoms. The fraction of sp³-hybridized carbons (Fsp3) is 0.412. The average Bonchev–Trinajstić information content (AvgIpc) is 2.82. The van der Waals surface area contributed by atoms with E-state index in [1.807, 2.05) is 6.92 Å². The van der Waals surface area contributed by atoms with Gasteiger partial charge in [-0.25, -0.2) is 9.07 Å². The molecule has 3 nitrogen and oxygen atoms in total. The zero-order valence-electron chi connectivity index (χ0n) is 12.4. The summed E-state index contributed by atoms with van der Waals surface area (Å²) in [5.41, 5.74) is 4.08. The fourth-order valence-corrected chi connectivity index (χ4v) is 3.98. The molecular formula is C17H17FN2O. The highest BCUT2D eigenvalue weighted by molar-refractivity contribution is 5.96. The molecule has 1 aromatic heterocycles. The van der Waals surface area contributed by atoms with Gasteiger partial charge in [-0.1, -0.05) is 13.8 Å². The van der Waals surface area contributed by atoms with Crippen molar-refractivity contribution in [3.05, 3.63) is 52.6 Å². The molecule has 21 heavy (non-hydrogen) atoms. The number of benzene rings is 1. The van der Waals surface area contributed by atoms with Crippen molar-refractivity contribution in [1.82, 2.24) is 9.78 Å². The van der Waals surface area contributed by atoms with E-state index in [0.717, 1.165) is 17.8 Å². The molecule has 1 heterocycles. The highest BCUT2D eigenvalue weighted by atomic mass is 19.1. The normalized spacial score (nSPS) is 24.6. The number of rotatable bonds is 1. The van der Waals surface area contributed by atoms with Gasteiger partial charge in [-0.3, -0.25) is 4.79 Å². The van der Waals surface area contributed by atoms with E-state index in [2.05, 4.69) is 18.9 Å². The third-order valence-electron chi connectivity index (χ3n) is 5.26. The van der Waals surface area contributed by atoms with Crippen LogP contribution in [0, 0.1) is 24.1 Å². The molecule has 108 valence electrons. The minimum Gasteiger partial charge on any atom is -0.267 e. The summed E-state index contributed by atoms with van der Waals surface area (Å²) < 4.78 is 14.5. The summed E-state index contributed by atoms with van der Waals surface area (Å²) >= 11 is 0. The van der Waals surface area contributed by atoms with E-state index in [1.165, 1.54) is 34.5 Å². The van der Waals surface area contributed by atoms with Crippen LogP contribution < -0.4 is 0 Å². The van der Waals surface area contributed by atoms with E-state index < -0.39 is 0 Å². The first-order valence-electron chi connectivity index (χ1n) is 7.30. The van der Waals surface area contributed by atoms with Crippen LogP contribution in [0.5, 0.6) is 0 Å². The second-order valence-corrected chi connectivity index (χ2v) is 6.78. The molecule has 4 rings (SSSR count). The molecule has 2 atom stereocenters. The molecule has 1 fully saturated rings. The maximum absolute atomic E-state index is 13.0. The predicted octanol–water partition coefficient (Wildman–Crippen LogP) is 3.31. The molecular weight excluding hydrogens is 267 g/mol. The van der Waals surface area contributed by atoms with Crippen molar-refractivity contribution < 1.29 is 9.18 Å². The summed E-state index contributed by atoms with van der Waals surface area (Å²) in [6.45, 7) is 6.54. The number of hydrogen-bond acceptors (Lipinski definition) is 2. The van der Waals surface area contributed by atoms with Gasteiger partial charge < -0.3 is 0 Å². The monoisotopic (exact) mass is 284 g/mol.